The lowest BCUT2D eigenvalue weighted by Crippen LogP contribution is -2.64. The molecule has 0 radical (unpaired) electrons. The number of hydrogen-bond acceptors (Lipinski definition) is 6. The first kappa shape index (κ1) is 21.3. The van der Waals surface area contributed by atoms with Crippen LogP contribution in [-0.2, 0) is 19.2 Å². The van der Waals surface area contributed by atoms with Gasteiger partial charge in [-0.15, -0.1) is 0 Å². The van der Waals surface area contributed by atoms with Gasteiger partial charge in [-0.3, -0.25) is 19.2 Å². The lowest BCUT2D eigenvalue weighted by atomic mass is 9.75. The van der Waals surface area contributed by atoms with E-state index in [-0.39, 0.29) is 30.1 Å². The van der Waals surface area contributed by atoms with Gasteiger partial charge in [0.1, 0.15) is 12.1 Å². The van der Waals surface area contributed by atoms with Gasteiger partial charge in [-0.05, 0) is 32.2 Å². The van der Waals surface area contributed by atoms with Crippen molar-refractivity contribution in [3.05, 3.63) is 0 Å². The first-order chi connectivity index (χ1) is 12.9. The number of amides is 3. The third-order valence-corrected chi connectivity index (χ3v) is 5.45. The van der Waals surface area contributed by atoms with E-state index < -0.39 is 29.8 Å². The highest BCUT2D eigenvalue weighted by molar-refractivity contribution is 5.98. The van der Waals surface area contributed by atoms with E-state index in [4.69, 9.17) is 11.5 Å². The van der Waals surface area contributed by atoms with Crippen molar-refractivity contribution in [2.24, 2.45) is 23.3 Å². The summed E-state index contributed by atoms with van der Waals surface area (Å²) >= 11 is 0. The molecule has 0 aliphatic carbocycles. The van der Waals surface area contributed by atoms with E-state index in [1.54, 1.807) is 0 Å². The molecule has 2 saturated heterocycles. The van der Waals surface area contributed by atoms with E-state index in [0.717, 1.165) is 19.3 Å². The average molecular weight is 381 g/mol. The Morgan fingerprint density at radius 2 is 1.78 bits per heavy atom. The lowest BCUT2D eigenvalue weighted by molar-refractivity contribution is -0.143. The molecule has 1 unspecified atom stereocenters. The molecule has 7 N–H and O–H groups in total. The monoisotopic (exact) mass is 381 g/mol. The summed E-state index contributed by atoms with van der Waals surface area (Å²) in [5.74, 6) is -2.67. The predicted octanol–water partition coefficient (Wildman–Crippen LogP) is -1.45. The molecule has 0 saturated carbocycles. The van der Waals surface area contributed by atoms with E-state index in [0.29, 0.717) is 25.9 Å². The summed E-state index contributed by atoms with van der Waals surface area (Å²) in [5, 5.41) is 8.51. The minimum atomic E-state index is -0.870. The maximum atomic E-state index is 13.1. The van der Waals surface area contributed by atoms with Crippen molar-refractivity contribution in [3.8, 4) is 0 Å². The molecule has 2 aliphatic heterocycles. The van der Waals surface area contributed by atoms with Gasteiger partial charge in [0.25, 0.3) is 0 Å². The summed E-state index contributed by atoms with van der Waals surface area (Å²) in [6.07, 6.45) is 3.84. The van der Waals surface area contributed by atoms with Gasteiger partial charge in [0.2, 0.25) is 17.7 Å². The molecule has 0 aromatic heterocycles. The summed E-state index contributed by atoms with van der Waals surface area (Å²) in [6, 6.07) is -1.87. The molecular formula is C18H31N5O4. The summed E-state index contributed by atoms with van der Waals surface area (Å²) in [6.45, 7) is 2.78. The molecular weight excluding hydrogens is 350 g/mol. The van der Waals surface area contributed by atoms with E-state index in [2.05, 4.69) is 22.9 Å². The zero-order chi connectivity index (χ0) is 20.0. The topological polar surface area (TPSA) is 156 Å². The number of nitrogens with two attached hydrogens (primary N) is 2. The molecule has 152 valence electrons. The number of nitrogens with one attached hydrogen (secondary N) is 3. The molecule has 3 amide bonds. The highest BCUT2D eigenvalue weighted by Crippen LogP contribution is 2.29. The highest BCUT2D eigenvalue weighted by atomic mass is 16.2. The number of carbonyl (C=O) groups excluding carboxylic acids is 4. The molecule has 27 heavy (non-hydrogen) atoms. The van der Waals surface area contributed by atoms with Crippen molar-refractivity contribution < 1.29 is 19.2 Å². The maximum absolute atomic E-state index is 13.1. The number of primary amides is 1. The molecule has 2 aliphatic rings. The maximum Gasteiger partial charge on any atom is 0.240 e. The Hall–Kier alpha value is -2.00. The van der Waals surface area contributed by atoms with Crippen molar-refractivity contribution in [2.75, 3.05) is 13.1 Å². The zero-order valence-electron chi connectivity index (χ0n) is 15.8. The number of Topliss-reactive ketones (excluding diaryl/α,β-unsaturated/α-hetero) is 1. The number of piperidine rings is 1. The molecule has 0 bridgehead atoms. The first-order valence-electron chi connectivity index (χ1n) is 9.76. The summed E-state index contributed by atoms with van der Waals surface area (Å²) < 4.78 is 0. The van der Waals surface area contributed by atoms with Crippen LogP contribution >= 0.6 is 0 Å². The van der Waals surface area contributed by atoms with Gasteiger partial charge in [-0.2, -0.15) is 0 Å². The van der Waals surface area contributed by atoms with Gasteiger partial charge in [0.15, 0.2) is 5.78 Å². The minimum absolute atomic E-state index is 0.154. The molecule has 0 aromatic carbocycles. The SMILES string of the molecule is CCCC[C@@H]1NC[C@H](C(=O)C2C[C@H](C(N)=O)NC(=O)[C@@H]2CCCN)NC1=O. The van der Waals surface area contributed by atoms with Gasteiger partial charge in [0, 0.05) is 18.4 Å². The number of carbonyl (C=O) groups is 4. The Bertz CT molecular complexity index is 582. The summed E-state index contributed by atoms with van der Waals surface area (Å²) in [7, 11) is 0. The smallest absolute Gasteiger partial charge is 0.240 e. The van der Waals surface area contributed by atoms with Crippen LogP contribution in [0.15, 0.2) is 0 Å². The van der Waals surface area contributed by atoms with Gasteiger partial charge < -0.3 is 27.4 Å². The van der Waals surface area contributed by atoms with Gasteiger partial charge >= 0.3 is 0 Å². The fourth-order valence-electron chi connectivity index (χ4n) is 3.86. The van der Waals surface area contributed by atoms with Crippen molar-refractivity contribution in [2.45, 2.75) is 63.6 Å². The Balaban J connectivity index is 2.09. The van der Waals surface area contributed by atoms with Gasteiger partial charge in [-0.25, -0.2) is 0 Å². The molecule has 9 heteroatoms. The van der Waals surface area contributed by atoms with Gasteiger partial charge in [-0.1, -0.05) is 19.8 Å². The summed E-state index contributed by atoms with van der Waals surface area (Å²) in [5.41, 5.74) is 10.9. The standard InChI is InChI=1S/C18H31N5O4/c1-2-3-6-12-18(27)23-14(9-21-12)15(24)11-8-13(16(20)25)22-17(26)10(11)5-4-7-19/h10-14,21H,2-9,19H2,1H3,(H2,20,25)(H,22,26)(H,23,27)/t10-,11?,12+,13-,14-/m1/s1. The largest absolute Gasteiger partial charge is 0.368 e. The second kappa shape index (κ2) is 9.80. The van der Waals surface area contributed by atoms with Crippen LogP contribution < -0.4 is 27.4 Å². The predicted molar refractivity (Wildman–Crippen MR) is 99.3 cm³/mol. The average Bonchev–Trinajstić information content (AvgIpc) is 2.64. The molecule has 2 heterocycles. The van der Waals surface area contributed by atoms with E-state index in [9.17, 15) is 19.2 Å². The van der Waals surface area contributed by atoms with Crippen LogP contribution in [0.2, 0.25) is 0 Å². The van der Waals surface area contributed by atoms with E-state index in [1.807, 2.05) is 0 Å². The van der Waals surface area contributed by atoms with Crippen molar-refractivity contribution in [1.29, 1.82) is 0 Å². The zero-order valence-corrected chi connectivity index (χ0v) is 15.8. The number of unbranched alkanes of at least 4 members (excludes halogenated alkanes) is 1. The fraction of sp³-hybridized carbons (Fsp3) is 0.778. The van der Waals surface area contributed by atoms with E-state index >= 15 is 0 Å². The Morgan fingerprint density at radius 3 is 2.37 bits per heavy atom. The van der Waals surface area contributed by atoms with Crippen LogP contribution in [-0.4, -0.2) is 54.7 Å². The van der Waals surface area contributed by atoms with Crippen molar-refractivity contribution in [3.63, 3.8) is 0 Å². The Morgan fingerprint density at radius 1 is 1.07 bits per heavy atom. The fourth-order valence-corrected chi connectivity index (χ4v) is 3.86. The number of piperazine rings is 1. The molecule has 0 spiro atoms. The quantitative estimate of drug-likeness (QED) is 0.329. The first-order valence-corrected chi connectivity index (χ1v) is 9.76. The third-order valence-electron chi connectivity index (χ3n) is 5.45. The number of ketones is 1. The normalized spacial score (nSPS) is 31.1. The van der Waals surface area contributed by atoms with Gasteiger partial charge in [0.05, 0.1) is 6.04 Å². The molecule has 9 nitrogen and oxygen atoms in total. The number of rotatable bonds is 9. The van der Waals surface area contributed by atoms with Crippen LogP contribution in [0.3, 0.4) is 0 Å². The summed E-state index contributed by atoms with van der Waals surface area (Å²) in [4.78, 5) is 49.4. The van der Waals surface area contributed by atoms with Crippen LogP contribution in [0.1, 0.15) is 45.4 Å². The minimum Gasteiger partial charge on any atom is -0.368 e. The highest BCUT2D eigenvalue weighted by Gasteiger charge is 2.44. The lowest BCUT2D eigenvalue weighted by Gasteiger charge is -2.37. The number of hydrogen-bond donors (Lipinski definition) is 5. The third kappa shape index (κ3) is 5.26. The van der Waals surface area contributed by atoms with Crippen LogP contribution in [0.4, 0.5) is 0 Å². The second-order valence-corrected chi connectivity index (χ2v) is 7.41. The Labute approximate surface area is 159 Å². The molecule has 2 rings (SSSR count). The van der Waals surface area contributed by atoms with Crippen LogP contribution in [0.5, 0.6) is 0 Å². The van der Waals surface area contributed by atoms with Crippen LogP contribution in [0, 0.1) is 11.8 Å². The Kier molecular flexibility index (Phi) is 7.73. The second-order valence-electron chi connectivity index (χ2n) is 7.41. The molecule has 0 aromatic rings. The van der Waals surface area contributed by atoms with Crippen molar-refractivity contribution in [1.82, 2.24) is 16.0 Å². The van der Waals surface area contributed by atoms with E-state index in [1.165, 1.54) is 0 Å². The molecule has 2 fully saturated rings. The van der Waals surface area contributed by atoms with Crippen LogP contribution in [0.25, 0.3) is 0 Å². The molecule has 5 atom stereocenters. The van der Waals surface area contributed by atoms with Crippen molar-refractivity contribution >= 4 is 23.5 Å².